The lowest BCUT2D eigenvalue weighted by atomic mass is 10.0. The highest BCUT2D eigenvalue weighted by Gasteiger charge is 2.30. The molecule has 0 saturated carbocycles. The molecule has 0 unspecified atom stereocenters. The van der Waals surface area contributed by atoms with Gasteiger partial charge in [0.15, 0.2) is 0 Å². The summed E-state index contributed by atoms with van der Waals surface area (Å²) in [5.41, 5.74) is 0.921. The number of halogens is 3. The van der Waals surface area contributed by atoms with Crippen molar-refractivity contribution in [1.82, 2.24) is 20.1 Å². The van der Waals surface area contributed by atoms with E-state index in [9.17, 15) is 18.0 Å². The van der Waals surface area contributed by atoms with Crippen molar-refractivity contribution in [2.24, 2.45) is 0 Å². The smallest absolute Gasteiger partial charge is 0.347 e. The average Bonchev–Trinajstić information content (AvgIpc) is 3.16. The monoisotopic (exact) mass is 444 g/mol. The van der Waals surface area contributed by atoms with Crippen LogP contribution in [0.25, 0.3) is 22.6 Å². The van der Waals surface area contributed by atoms with E-state index in [2.05, 4.69) is 15.4 Å². The van der Waals surface area contributed by atoms with Gasteiger partial charge in [-0.2, -0.15) is 18.3 Å². The zero-order chi connectivity index (χ0) is 23.9. The number of carbonyl (C=O) groups is 1. The van der Waals surface area contributed by atoms with Gasteiger partial charge in [0.05, 0.1) is 28.2 Å². The zero-order valence-electron chi connectivity index (χ0n) is 19.0. The summed E-state index contributed by atoms with van der Waals surface area (Å²) in [7, 11) is 0. The number of alkyl halides is 3. The first-order valence-corrected chi connectivity index (χ1v) is 10.2. The van der Waals surface area contributed by atoms with Crippen LogP contribution in [0, 0.1) is 0 Å². The molecule has 1 N–H and O–H groups in total. The molecule has 0 radical (unpaired) electrons. The van der Waals surface area contributed by atoms with Gasteiger partial charge in [0.25, 0.3) is 5.91 Å². The molecule has 0 aliphatic heterocycles. The highest BCUT2D eigenvalue weighted by molar-refractivity contribution is 5.96. The lowest BCUT2D eigenvalue weighted by molar-refractivity contribution is -0.137. The first kappa shape index (κ1) is 23.5. The van der Waals surface area contributed by atoms with Gasteiger partial charge in [-0.3, -0.25) is 9.48 Å². The lowest BCUT2D eigenvalue weighted by Crippen LogP contribution is -2.40. The van der Waals surface area contributed by atoms with E-state index in [1.807, 2.05) is 41.5 Å². The minimum Gasteiger partial charge on any atom is -0.347 e. The third kappa shape index (κ3) is 5.36. The summed E-state index contributed by atoms with van der Waals surface area (Å²) in [6.07, 6.45) is -2.77. The number of amides is 1. The van der Waals surface area contributed by atoms with Gasteiger partial charge in [-0.05, 0) is 71.9 Å². The maximum atomic E-state index is 13.0. The molecule has 5 nitrogen and oxygen atoms in total. The molecule has 170 valence electrons. The number of aromatic nitrogens is 3. The minimum absolute atomic E-state index is 0.295. The summed E-state index contributed by atoms with van der Waals surface area (Å²) in [4.78, 5) is 17.6. The molecular formula is C24H27F3N4O. The van der Waals surface area contributed by atoms with Crippen LogP contribution in [-0.4, -0.2) is 26.2 Å². The molecule has 0 atom stereocenters. The molecule has 32 heavy (non-hydrogen) atoms. The first-order chi connectivity index (χ1) is 14.6. The van der Waals surface area contributed by atoms with E-state index in [-0.39, 0.29) is 11.4 Å². The highest BCUT2D eigenvalue weighted by Crippen LogP contribution is 2.32. The van der Waals surface area contributed by atoms with Crippen molar-refractivity contribution in [2.45, 2.75) is 58.8 Å². The Hall–Kier alpha value is -3.16. The van der Waals surface area contributed by atoms with E-state index < -0.39 is 17.3 Å². The van der Waals surface area contributed by atoms with E-state index >= 15 is 0 Å². The number of hydrogen-bond acceptors (Lipinski definition) is 3. The molecule has 0 aliphatic rings. The molecule has 0 fully saturated rings. The van der Waals surface area contributed by atoms with Crippen LogP contribution < -0.4 is 5.32 Å². The van der Waals surface area contributed by atoms with Gasteiger partial charge >= 0.3 is 6.18 Å². The van der Waals surface area contributed by atoms with Gasteiger partial charge in [0.1, 0.15) is 0 Å². The van der Waals surface area contributed by atoms with Crippen molar-refractivity contribution in [3.05, 3.63) is 59.8 Å². The largest absolute Gasteiger partial charge is 0.416 e. The van der Waals surface area contributed by atoms with Crippen molar-refractivity contribution in [2.75, 3.05) is 0 Å². The number of benzene rings is 1. The molecule has 8 heteroatoms. The fraction of sp³-hybridized carbons (Fsp3) is 0.375. The number of pyridine rings is 1. The molecular weight excluding hydrogens is 417 g/mol. The Morgan fingerprint density at radius 1 is 0.906 bits per heavy atom. The van der Waals surface area contributed by atoms with E-state index in [4.69, 9.17) is 0 Å². The quantitative estimate of drug-likeness (QED) is 0.546. The predicted molar refractivity (Wildman–Crippen MR) is 118 cm³/mol. The Kier molecular flexibility index (Phi) is 5.93. The van der Waals surface area contributed by atoms with E-state index in [0.29, 0.717) is 28.2 Å². The van der Waals surface area contributed by atoms with Crippen LogP contribution >= 0.6 is 0 Å². The van der Waals surface area contributed by atoms with Gasteiger partial charge in [0, 0.05) is 22.9 Å². The average molecular weight is 445 g/mol. The Bertz CT molecular complexity index is 1120. The predicted octanol–water partition coefficient (Wildman–Crippen LogP) is 5.91. The van der Waals surface area contributed by atoms with Gasteiger partial charge in [0.2, 0.25) is 0 Å². The maximum Gasteiger partial charge on any atom is 0.416 e. The Morgan fingerprint density at radius 2 is 1.50 bits per heavy atom. The highest BCUT2D eigenvalue weighted by atomic mass is 19.4. The van der Waals surface area contributed by atoms with E-state index in [0.717, 1.165) is 12.1 Å². The molecule has 1 aromatic carbocycles. The molecule has 0 bridgehead atoms. The number of rotatable bonds is 3. The van der Waals surface area contributed by atoms with E-state index in [1.165, 1.54) is 12.1 Å². The van der Waals surface area contributed by atoms with Crippen molar-refractivity contribution in [3.63, 3.8) is 0 Å². The van der Waals surface area contributed by atoms with Gasteiger partial charge < -0.3 is 5.32 Å². The topological polar surface area (TPSA) is 59.8 Å². The Morgan fingerprint density at radius 3 is 2.03 bits per heavy atom. The van der Waals surface area contributed by atoms with Crippen LogP contribution in [0.2, 0.25) is 0 Å². The van der Waals surface area contributed by atoms with Gasteiger partial charge in [-0.1, -0.05) is 12.1 Å². The van der Waals surface area contributed by atoms with Crippen molar-refractivity contribution in [3.8, 4) is 22.6 Å². The summed E-state index contributed by atoms with van der Waals surface area (Å²) >= 11 is 0. The van der Waals surface area contributed by atoms with Crippen molar-refractivity contribution in [1.29, 1.82) is 0 Å². The summed E-state index contributed by atoms with van der Waals surface area (Å²) in [5.74, 6) is -0.295. The standard InChI is InChI=1S/C24H27F3N4O/c1-22(2,3)30-21(32)16-13-18(15-7-9-17(10-8-15)24(25,26)27)29-19(14-16)20-11-12-28-31(20)23(4,5)6/h7-14H,1-6H3,(H,30,32). The van der Waals surface area contributed by atoms with Crippen LogP contribution in [0.1, 0.15) is 57.5 Å². The Labute approximate surface area is 185 Å². The van der Waals surface area contributed by atoms with Crippen LogP contribution in [0.4, 0.5) is 13.2 Å². The fourth-order valence-electron chi connectivity index (χ4n) is 3.22. The third-order valence-electron chi connectivity index (χ3n) is 4.62. The van der Waals surface area contributed by atoms with Crippen molar-refractivity contribution < 1.29 is 18.0 Å². The maximum absolute atomic E-state index is 13.0. The molecule has 1 amide bonds. The van der Waals surface area contributed by atoms with Crippen molar-refractivity contribution >= 4 is 5.91 Å². The number of nitrogens with one attached hydrogen (secondary N) is 1. The molecule has 0 aliphatic carbocycles. The first-order valence-electron chi connectivity index (χ1n) is 10.2. The zero-order valence-corrected chi connectivity index (χ0v) is 19.0. The molecule has 2 aromatic heterocycles. The minimum atomic E-state index is -4.43. The lowest BCUT2D eigenvalue weighted by Gasteiger charge is -2.23. The Balaban J connectivity index is 2.16. The number of nitrogens with zero attached hydrogens (tertiary/aromatic N) is 3. The second-order valence-corrected chi connectivity index (χ2v) is 9.70. The third-order valence-corrected chi connectivity index (χ3v) is 4.62. The molecule has 0 saturated heterocycles. The van der Waals surface area contributed by atoms with Crippen LogP contribution in [0.15, 0.2) is 48.7 Å². The normalized spacial score (nSPS) is 12.7. The molecule has 0 spiro atoms. The summed E-state index contributed by atoms with van der Waals surface area (Å²) in [6.45, 7) is 11.6. The van der Waals surface area contributed by atoms with Crippen LogP contribution in [-0.2, 0) is 11.7 Å². The number of carbonyl (C=O) groups excluding carboxylic acids is 1. The molecule has 3 aromatic rings. The van der Waals surface area contributed by atoms with Gasteiger partial charge in [-0.25, -0.2) is 4.98 Å². The summed E-state index contributed by atoms with van der Waals surface area (Å²) in [5, 5.41) is 7.31. The fourth-order valence-corrected chi connectivity index (χ4v) is 3.22. The second kappa shape index (κ2) is 8.07. The molecule has 3 rings (SSSR count). The van der Waals surface area contributed by atoms with E-state index in [1.54, 1.807) is 29.1 Å². The summed E-state index contributed by atoms with van der Waals surface area (Å²) in [6, 6.07) is 9.81. The molecule has 2 heterocycles. The summed E-state index contributed by atoms with van der Waals surface area (Å²) < 4.78 is 40.7. The second-order valence-electron chi connectivity index (χ2n) is 9.70. The van der Waals surface area contributed by atoms with Crippen LogP contribution in [0.3, 0.4) is 0 Å². The number of hydrogen-bond donors (Lipinski definition) is 1. The van der Waals surface area contributed by atoms with Gasteiger partial charge in [-0.15, -0.1) is 0 Å². The SMILES string of the molecule is CC(C)(C)NC(=O)c1cc(-c2ccc(C(F)(F)F)cc2)nc(-c2ccnn2C(C)(C)C)c1. The van der Waals surface area contributed by atoms with Crippen LogP contribution in [0.5, 0.6) is 0 Å².